The maximum atomic E-state index is 12.7. The summed E-state index contributed by atoms with van der Waals surface area (Å²) < 4.78 is 26.8. The number of hydrogen-bond donors (Lipinski definition) is 2. The second kappa shape index (κ2) is 6.29. The number of piperidine rings is 1. The van der Waals surface area contributed by atoms with Gasteiger partial charge < -0.3 is 10.2 Å². The molecule has 2 atom stereocenters. The minimum absolute atomic E-state index is 0.0284. The van der Waals surface area contributed by atoms with E-state index in [9.17, 15) is 18.0 Å². The Hall–Kier alpha value is -1.93. The third-order valence-electron chi connectivity index (χ3n) is 4.20. The summed E-state index contributed by atoms with van der Waals surface area (Å²) in [6.45, 7) is 3.37. The predicted octanol–water partition coefficient (Wildman–Crippen LogP) is 1.57. The highest BCUT2D eigenvalue weighted by Gasteiger charge is 2.37. The fraction of sp³-hybridized carbons (Fsp3) is 0.467. The lowest BCUT2D eigenvalue weighted by atomic mass is 9.93. The molecule has 1 fully saturated rings. The van der Waals surface area contributed by atoms with Crippen LogP contribution in [0.15, 0.2) is 23.1 Å². The first-order valence-corrected chi connectivity index (χ1v) is 8.67. The van der Waals surface area contributed by atoms with Crippen molar-refractivity contribution in [1.82, 2.24) is 4.31 Å². The molecule has 0 aromatic heterocycles. The smallest absolute Gasteiger partial charge is 0.335 e. The molecule has 0 saturated carbocycles. The first-order chi connectivity index (χ1) is 10.6. The van der Waals surface area contributed by atoms with Crippen LogP contribution in [-0.2, 0) is 14.8 Å². The number of aryl methyl sites for hydroxylation is 1. The Balaban J connectivity index is 2.30. The third kappa shape index (κ3) is 3.37. The lowest BCUT2D eigenvalue weighted by Crippen LogP contribution is -2.45. The Bertz CT molecular complexity index is 742. The van der Waals surface area contributed by atoms with Gasteiger partial charge in [-0.3, -0.25) is 4.79 Å². The van der Waals surface area contributed by atoms with Crippen LogP contribution >= 0.6 is 0 Å². The molecule has 1 saturated heterocycles. The Morgan fingerprint density at radius 1 is 1.26 bits per heavy atom. The van der Waals surface area contributed by atoms with Crippen LogP contribution in [0, 0.1) is 12.8 Å². The first-order valence-electron chi connectivity index (χ1n) is 7.23. The van der Waals surface area contributed by atoms with Gasteiger partial charge in [0, 0.05) is 12.6 Å². The van der Waals surface area contributed by atoms with Crippen molar-refractivity contribution >= 4 is 22.0 Å². The monoisotopic (exact) mass is 341 g/mol. The Labute approximate surface area is 134 Å². The van der Waals surface area contributed by atoms with E-state index in [4.69, 9.17) is 10.2 Å². The summed E-state index contributed by atoms with van der Waals surface area (Å²) in [5, 5.41) is 18.1. The molecule has 2 rings (SSSR count). The second-order valence-corrected chi connectivity index (χ2v) is 7.70. The summed E-state index contributed by atoms with van der Waals surface area (Å²) in [7, 11) is -3.78. The molecule has 0 bridgehead atoms. The Morgan fingerprint density at radius 2 is 1.91 bits per heavy atom. The molecular weight excluding hydrogens is 322 g/mol. The predicted molar refractivity (Wildman–Crippen MR) is 81.9 cm³/mol. The van der Waals surface area contributed by atoms with Crippen LogP contribution in [0.2, 0.25) is 0 Å². The highest BCUT2D eigenvalue weighted by atomic mass is 32.2. The summed E-state index contributed by atoms with van der Waals surface area (Å²) in [5.74, 6) is -2.55. The molecular formula is C15H19NO6S. The van der Waals surface area contributed by atoms with E-state index >= 15 is 0 Å². The van der Waals surface area contributed by atoms with E-state index < -0.39 is 33.9 Å². The van der Waals surface area contributed by atoms with Crippen molar-refractivity contribution in [3.63, 3.8) is 0 Å². The van der Waals surface area contributed by atoms with Gasteiger partial charge in [0.05, 0.1) is 16.4 Å². The van der Waals surface area contributed by atoms with Crippen molar-refractivity contribution in [2.75, 3.05) is 6.54 Å². The summed E-state index contributed by atoms with van der Waals surface area (Å²) in [5.41, 5.74) is 0.424. The van der Waals surface area contributed by atoms with Crippen LogP contribution in [-0.4, -0.2) is 47.5 Å². The van der Waals surface area contributed by atoms with Crippen molar-refractivity contribution in [1.29, 1.82) is 0 Å². The van der Waals surface area contributed by atoms with E-state index in [1.165, 1.54) is 22.5 Å². The molecule has 0 aliphatic carbocycles. The number of carbonyl (C=O) groups is 2. The van der Waals surface area contributed by atoms with Gasteiger partial charge in [0.15, 0.2) is 0 Å². The van der Waals surface area contributed by atoms with Gasteiger partial charge in [0.1, 0.15) is 0 Å². The summed E-state index contributed by atoms with van der Waals surface area (Å²) in [4.78, 5) is 22.1. The summed E-state index contributed by atoms with van der Waals surface area (Å²) >= 11 is 0. The zero-order chi connectivity index (χ0) is 17.4. The molecule has 7 nitrogen and oxygen atoms in total. The molecule has 2 N–H and O–H groups in total. The largest absolute Gasteiger partial charge is 0.481 e. The number of aromatic carboxylic acids is 1. The number of rotatable bonds is 4. The maximum Gasteiger partial charge on any atom is 0.335 e. The average molecular weight is 341 g/mol. The third-order valence-corrected chi connectivity index (χ3v) is 6.21. The molecule has 1 aliphatic rings. The van der Waals surface area contributed by atoms with Gasteiger partial charge in [0.25, 0.3) is 0 Å². The zero-order valence-electron chi connectivity index (χ0n) is 12.9. The van der Waals surface area contributed by atoms with Crippen LogP contribution in [0.5, 0.6) is 0 Å². The van der Waals surface area contributed by atoms with Gasteiger partial charge >= 0.3 is 11.9 Å². The van der Waals surface area contributed by atoms with E-state index in [2.05, 4.69) is 0 Å². The number of carboxylic acid groups (broad SMARTS) is 2. The van der Waals surface area contributed by atoms with E-state index in [0.717, 1.165) is 0 Å². The van der Waals surface area contributed by atoms with Crippen LogP contribution in [0.25, 0.3) is 0 Å². The number of hydrogen-bond acceptors (Lipinski definition) is 4. The van der Waals surface area contributed by atoms with Gasteiger partial charge in [-0.15, -0.1) is 0 Å². The molecule has 1 heterocycles. The number of carboxylic acids is 2. The van der Waals surface area contributed by atoms with Crippen LogP contribution in [0.3, 0.4) is 0 Å². The second-order valence-electron chi connectivity index (χ2n) is 5.81. The highest BCUT2D eigenvalue weighted by Crippen LogP contribution is 2.29. The number of aliphatic carboxylic acids is 1. The van der Waals surface area contributed by atoms with E-state index in [0.29, 0.717) is 5.56 Å². The van der Waals surface area contributed by atoms with Crippen LogP contribution in [0.1, 0.15) is 35.7 Å². The maximum absolute atomic E-state index is 12.7. The van der Waals surface area contributed by atoms with E-state index in [1.807, 2.05) is 0 Å². The van der Waals surface area contributed by atoms with Gasteiger partial charge in [0.2, 0.25) is 10.0 Å². The van der Waals surface area contributed by atoms with E-state index in [-0.39, 0.29) is 29.8 Å². The van der Waals surface area contributed by atoms with E-state index in [1.54, 1.807) is 13.8 Å². The molecule has 0 unspecified atom stereocenters. The van der Waals surface area contributed by atoms with Crippen molar-refractivity contribution < 1.29 is 28.2 Å². The minimum Gasteiger partial charge on any atom is -0.481 e. The van der Waals surface area contributed by atoms with Crippen LogP contribution in [0.4, 0.5) is 0 Å². The quantitative estimate of drug-likeness (QED) is 0.859. The molecule has 0 amide bonds. The molecule has 126 valence electrons. The molecule has 1 aliphatic heterocycles. The van der Waals surface area contributed by atoms with Gasteiger partial charge in [-0.1, -0.05) is 0 Å². The molecule has 1 aromatic rings. The molecule has 1 aromatic carbocycles. The Morgan fingerprint density at radius 3 is 2.39 bits per heavy atom. The Kier molecular flexibility index (Phi) is 4.76. The normalized spacial score (nSPS) is 22.7. The average Bonchev–Trinajstić information content (AvgIpc) is 2.46. The van der Waals surface area contributed by atoms with Crippen molar-refractivity contribution in [2.24, 2.45) is 5.92 Å². The summed E-state index contributed by atoms with van der Waals surface area (Å²) in [6.07, 6.45) is 0.534. The molecule has 8 heteroatoms. The van der Waals surface area contributed by atoms with Crippen molar-refractivity contribution in [2.45, 2.75) is 37.6 Å². The lowest BCUT2D eigenvalue weighted by molar-refractivity contribution is -0.143. The topological polar surface area (TPSA) is 112 Å². The summed E-state index contributed by atoms with van der Waals surface area (Å²) in [6, 6.07) is 3.48. The number of benzene rings is 1. The van der Waals surface area contributed by atoms with Crippen molar-refractivity contribution in [3.8, 4) is 0 Å². The number of sulfonamides is 1. The molecule has 0 radical (unpaired) electrons. The van der Waals surface area contributed by atoms with Gasteiger partial charge in [-0.2, -0.15) is 4.31 Å². The standard InChI is InChI=1S/C15H19NO6S/c1-9-7-12(3-4-13(9)15(19)20)23(21,22)16-6-5-11(14(17)18)8-10(16)2/h3-4,7,10-11H,5-6,8H2,1-2H3,(H,17,18)(H,19,20)/t10-,11-/m1/s1. The van der Waals surface area contributed by atoms with Crippen LogP contribution < -0.4 is 0 Å². The lowest BCUT2D eigenvalue weighted by Gasteiger charge is -2.35. The molecule has 0 spiro atoms. The molecule has 23 heavy (non-hydrogen) atoms. The SMILES string of the molecule is Cc1cc(S(=O)(=O)N2CC[C@@H](C(=O)O)C[C@H]2C)ccc1C(=O)O. The minimum atomic E-state index is -3.78. The zero-order valence-corrected chi connectivity index (χ0v) is 13.7. The number of nitrogens with zero attached hydrogens (tertiary/aromatic N) is 1. The highest BCUT2D eigenvalue weighted by molar-refractivity contribution is 7.89. The fourth-order valence-electron chi connectivity index (χ4n) is 2.90. The fourth-order valence-corrected chi connectivity index (χ4v) is 4.65. The first kappa shape index (κ1) is 17.4. The van der Waals surface area contributed by atoms with Crippen molar-refractivity contribution in [3.05, 3.63) is 29.3 Å². The van der Waals surface area contributed by atoms with Gasteiger partial charge in [-0.25, -0.2) is 13.2 Å². The van der Waals surface area contributed by atoms with Gasteiger partial charge in [-0.05, 0) is 50.5 Å².